The van der Waals surface area contributed by atoms with Gasteiger partial charge in [-0.15, -0.1) is 6.58 Å². The van der Waals surface area contributed by atoms with E-state index in [4.69, 9.17) is 22.1 Å². The molecule has 0 aromatic carbocycles. The maximum atomic E-state index is 5.98. The molecule has 0 atom stereocenters. The van der Waals surface area contributed by atoms with Gasteiger partial charge in [-0.25, -0.2) is 4.98 Å². The first-order chi connectivity index (χ1) is 11.0. The number of halogens is 1. The molecule has 2 rings (SSSR count). The Labute approximate surface area is 141 Å². The van der Waals surface area contributed by atoms with Crippen LogP contribution in [0.25, 0.3) is 0 Å². The third-order valence-corrected chi connectivity index (χ3v) is 3.66. The lowest BCUT2D eigenvalue weighted by Gasteiger charge is -2.23. The number of nitrogens with two attached hydrogens (primary N) is 1. The van der Waals surface area contributed by atoms with Crippen molar-refractivity contribution >= 4 is 23.4 Å². The number of ether oxygens (including phenoxy) is 1. The highest BCUT2D eigenvalue weighted by Crippen LogP contribution is 2.26. The fourth-order valence-electron chi connectivity index (χ4n) is 2.39. The van der Waals surface area contributed by atoms with Crippen LogP contribution in [0.2, 0.25) is 5.15 Å². The minimum Gasteiger partial charge on any atom is -0.496 e. The normalized spacial score (nSPS) is 10.4. The summed E-state index contributed by atoms with van der Waals surface area (Å²) in [5.74, 6) is 1.60. The topological polar surface area (TPSA) is 77.2 Å². The summed E-state index contributed by atoms with van der Waals surface area (Å²) in [6, 6.07) is 1.67. The van der Waals surface area contributed by atoms with Crippen molar-refractivity contribution in [1.82, 2.24) is 15.0 Å². The second kappa shape index (κ2) is 7.28. The zero-order valence-corrected chi connectivity index (χ0v) is 14.3. The standard InChI is InChI=1S/C16H20ClN5O/c1-5-6-22(14-7-13(17)20-16(18)21-14)9-12-11(3)15(23-4)10(2)8-19-12/h5,7-8H,1,6,9H2,2-4H3,(H2,18,20,21). The molecule has 0 spiro atoms. The van der Waals surface area contributed by atoms with Gasteiger partial charge in [0.15, 0.2) is 0 Å². The summed E-state index contributed by atoms with van der Waals surface area (Å²) in [5.41, 5.74) is 8.57. The van der Waals surface area contributed by atoms with E-state index >= 15 is 0 Å². The third-order valence-electron chi connectivity index (χ3n) is 3.46. The van der Waals surface area contributed by atoms with Crippen LogP contribution in [0, 0.1) is 13.8 Å². The smallest absolute Gasteiger partial charge is 0.223 e. The number of rotatable bonds is 6. The van der Waals surface area contributed by atoms with Gasteiger partial charge in [-0.05, 0) is 13.8 Å². The molecule has 23 heavy (non-hydrogen) atoms. The first-order valence-corrected chi connectivity index (χ1v) is 7.49. The molecule has 0 bridgehead atoms. The second-order valence-corrected chi connectivity index (χ2v) is 5.51. The summed E-state index contributed by atoms with van der Waals surface area (Å²) in [6.45, 7) is 8.85. The van der Waals surface area contributed by atoms with Gasteiger partial charge in [-0.3, -0.25) is 4.98 Å². The van der Waals surface area contributed by atoms with Gasteiger partial charge < -0.3 is 15.4 Å². The van der Waals surface area contributed by atoms with Crippen molar-refractivity contribution in [2.24, 2.45) is 0 Å². The number of aryl methyl sites for hydroxylation is 1. The average Bonchev–Trinajstić information content (AvgIpc) is 2.49. The Kier molecular flexibility index (Phi) is 5.39. The largest absolute Gasteiger partial charge is 0.496 e. The van der Waals surface area contributed by atoms with Gasteiger partial charge in [-0.2, -0.15) is 4.98 Å². The van der Waals surface area contributed by atoms with Crippen LogP contribution in [-0.4, -0.2) is 28.6 Å². The van der Waals surface area contributed by atoms with Crippen LogP contribution in [0.15, 0.2) is 24.9 Å². The zero-order chi connectivity index (χ0) is 17.0. The van der Waals surface area contributed by atoms with E-state index in [2.05, 4.69) is 21.5 Å². The lowest BCUT2D eigenvalue weighted by Crippen LogP contribution is -2.25. The average molecular weight is 334 g/mol. The van der Waals surface area contributed by atoms with E-state index in [1.807, 2.05) is 18.7 Å². The van der Waals surface area contributed by atoms with E-state index in [0.29, 0.717) is 24.1 Å². The Morgan fingerprint density at radius 2 is 2.13 bits per heavy atom. The van der Waals surface area contributed by atoms with E-state index in [-0.39, 0.29) is 5.95 Å². The minimum atomic E-state index is 0.132. The predicted molar refractivity (Wildman–Crippen MR) is 93.0 cm³/mol. The molecular formula is C16H20ClN5O. The molecule has 2 N–H and O–H groups in total. The Balaban J connectivity index is 2.38. The summed E-state index contributed by atoms with van der Waals surface area (Å²) in [5, 5.41) is 0.299. The summed E-state index contributed by atoms with van der Waals surface area (Å²) in [7, 11) is 1.66. The molecule has 0 saturated heterocycles. The summed E-state index contributed by atoms with van der Waals surface area (Å²) >= 11 is 5.98. The monoisotopic (exact) mass is 333 g/mol. The number of hydrogen-bond donors (Lipinski definition) is 1. The fourth-order valence-corrected chi connectivity index (χ4v) is 2.58. The van der Waals surface area contributed by atoms with Gasteiger partial charge >= 0.3 is 0 Å². The second-order valence-electron chi connectivity index (χ2n) is 5.12. The Hall–Kier alpha value is -2.34. The molecule has 2 aromatic heterocycles. The maximum Gasteiger partial charge on any atom is 0.223 e. The van der Waals surface area contributed by atoms with Crippen molar-refractivity contribution in [1.29, 1.82) is 0 Å². The number of methoxy groups -OCH3 is 1. The van der Waals surface area contributed by atoms with Crippen LogP contribution < -0.4 is 15.4 Å². The lowest BCUT2D eigenvalue weighted by molar-refractivity contribution is 0.407. The van der Waals surface area contributed by atoms with Gasteiger partial charge in [0.1, 0.15) is 16.7 Å². The number of pyridine rings is 1. The van der Waals surface area contributed by atoms with E-state index in [1.165, 1.54) is 0 Å². The summed E-state index contributed by atoms with van der Waals surface area (Å²) in [4.78, 5) is 14.6. The van der Waals surface area contributed by atoms with Crippen molar-refractivity contribution in [3.63, 3.8) is 0 Å². The van der Waals surface area contributed by atoms with Crippen molar-refractivity contribution in [3.05, 3.63) is 46.9 Å². The molecule has 7 heteroatoms. The molecule has 122 valence electrons. The maximum absolute atomic E-state index is 5.98. The first kappa shape index (κ1) is 17.0. The summed E-state index contributed by atoms with van der Waals surface area (Å²) < 4.78 is 5.46. The highest BCUT2D eigenvalue weighted by atomic mass is 35.5. The molecule has 0 radical (unpaired) electrons. The molecule has 0 aliphatic carbocycles. The number of aromatic nitrogens is 3. The van der Waals surface area contributed by atoms with Crippen LogP contribution in [0.4, 0.5) is 11.8 Å². The number of anilines is 2. The van der Waals surface area contributed by atoms with Gasteiger partial charge in [0.05, 0.1) is 19.3 Å². The highest BCUT2D eigenvalue weighted by Gasteiger charge is 2.15. The quantitative estimate of drug-likeness (QED) is 0.647. The highest BCUT2D eigenvalue weighted by molar-refractivity contribution is 6.29. The van der Waals surface area contributed by atoms with Crippen molar-refractivity contribution in [2.75, 3.05) is 24.3 Å². The molecule has 0 aliphatic heterocycles. The van der Waals surface area contributed by atoms with Crippen molar-refractivity contribution < 1.29 is 4.74 Å². The molecule has 6 nitrogen and oxygen atoms in total. The molecule has 0 aliphatic rings. The summed E-state index contributed by atoms with van der Waals surface area (Å²) in [6.07, 6.45) is 3.58. The van der Waals surface area contributed by atoms with E-state index in [9.17, 15) is 0 Å². The minimum absolute atomic E-state index is 0.132. The van der Waals surface area contributed by atoms with Gasteiger partial charge in [0, 0.05) is 29.9 Å². The lowest BCUT2D eigenvalue weighted by atomic mass is 10.1. The van der Waals surface area contributed by atoms with Crippen LogP contribution in [0.1, 0.15) is 16.8 Å². The van der Waals surface area contributed by atoms with E-state index in [0.717, 1.165) is 22.6 Å². The van der Waals surface area contributed by atoms with Crippen molar-refractivity contribution in [3.8, 4) is 5.75 Å². The Morgan fingerprint density at radius 1 is 1.39 bits per heavy atom. The molecule has 0 fully saturated rings. The van der Waals surface area contributed by atoms with Gasteiger partial charge in [-0.1, -0.05) is 17.7 Å². The number of nitrogen functional groups attached to an aromatic ring is 1. The fraction of sp³-hybridized carbons (Fsp3) is 0.312. The van der Waals surface area contributed by atoms with E-state index < -0.39 is 0 Å². The van der Waals surface area contributed by atoms with E-state index in [1.54, 1.807) is 25.4 Å². The van der Waals surface area contributed by atoms with Crippen LogP contribution in [0.3, 0.4) is 0 Å². The SMILES string of the molecule is C=CCN(Cc1ncc(C)c(OC)c1C)c1cc(Cl)nc(N)n1. The third kappa shape index (κ3) is 3.90. The predicted octanol–water partition coefficient (Wildman–Crippen LogP) is 2.93. The number of hydrogen-bond acceptors (Lipinski definition) is 6. The first-order valence-electron chi connectivity index (χ1n) is 7.11. The molecule has 0 unspecified atom stereocenters. The van der Waals surface area contributed by atoms with Crippen molar-refractivity contribution in [2.45, 2.75) is 20.4 Å². The molecular weight excluding hydrogens is 314 g/mol. The van der Waals surface area contributed by atoms with Crippen LogP contribution in [0.5, 0.6) is 5.75 Å². The molecule has 2 heterocycles. The van der Waals surface area contributed by atoms with Crippen LogP contribution >= 0.6 is 11.6 Å². The Morgan fingerprint density at radius 3 is 2.74 bits per heavy atom. The van der Waals surface area contributed by atoms with Crippen LogP contribution in [-0.2, 0) is 6.54 Å². The van der Waals surface area contributed by atoms with Gasteiger partial charge in [0.25, 0.3) is 0 Å². The Bertz CT molecular complexity index is 700. The molecule has 0 amide bonds. The number of nitrogens with zero attached hydrogens (tertiary/aromatic N) is 4. The molecule has 2 aromatic rings. The zero-order valence-electron chi connectivity index (χ0n) is 13.5. The molecule has 0 saturated carbocycles. The van der Waals surface area contributed by atoms with Gasteiger partial charge in [0.2, 0.25) is 5.95 Å².